The van der Waals surface area contributed by atoms with Crippen LogP contribution in [0, 0.1) is 0 Å². The number of hydrogen-bond acceptors (Lipinski definition) is 5. The topological polar surface area (TPSA) is 72.6 Å². The summed E-state index contributed by atoms with van der Waals surface area (Å²) in [5.41, 5.74) is 6.00. The van der Waals surface area contributed by atoms with Crippen molar-refractivity contribution in [2.24, 2.45) is 5.73 Å². The molecular formula is C15H16N2O3S2. The Morgan fingerprint density at radius 2 is 2.09 bits per heavy atom. The van der Waals surface area contributed by atoms with Gasteiger partial charge in [-0.1, -0.05) is 36.1 Å². The van der Waals surface area contributed by atoms with Crippen molar-refractivity contribution < 1.29 is 14.3 Å². The second kappa shape index (κ2) is 7.42. The molecule has 1 saturated heterocycles. The summed E-state index contributed by atoms with van der Waals surface area (Å²) in [6, 6.07) is 7.41. The summed E-state index contributed by atoms with van der Waals surface area (Å²) in [6.07, 6.45) is 2.55. The van der Waals surface area contributed by atoms with Gasteiger partial charge in [-0.3, -0.25) is 14.5 Å². The van der Waals surface area contributed by atoms with Crippen LogP contribution in [0.4, 0.5) is 0 Å². The largest absolute Gasteiger partial charge is 0.497 e. The van der Waals surface area contributed by atoms with E-state index in [9.17, 15) is 9.59 Å². The van der Waals surface area contributed by atoms with Gasteiger partial charge in [0.15, 0.2) is 0 Å². The molecule has 0 atom stereocenters. The van der Waals surface area contributed by atoms with Crippen LogP contribution in [0.5, 0.6) is 5.75 Å². The van der Waals surface area contributed by atoms with Crippen LogP contribution in [0.3, 0.4) is 0 Å². The van der Waals surface area contributed by atoms with E-state index in [0.29, 0.717) is 22.2 Å². The molecule has 7 heteroatoms. The van der Waals surface area contributed by atoms with Gasteiger partial charge in [0.2, 0.25) is 5.91 Å². The van der Waals surface area contributed by atoms with Crippen LogP contribution in [0.15, 0.2) is 29.2 Å². The van der Waals surface area contributed by atoms with Gasteiger partial charge >= 0.3 is 0 Å². The Morgan fingerprint density at radius 3 is 2.68 bits per heavy atom. The molecule has 1 aliphatic heterocycles. The Labute approximate surface area is 138 Å². The Kier molecular flexibility index (Phi) is 5.57. The SMILES string of the molecule is COc1ccc(/C=C2/SC(=S)N(CCCC(N)=O)C2=O)cc1. The Bertz CT molecular complexity index is 626. The number of nitrogens with zero attached hydrogens (tertiary/aromatic N) is 1. The van der Waals surface area contributed by atoms with Crippen molar-refractivity contribution in [1.82, 2.24) is 4.90 Å². The van der Waals surface area contributed by atoms with E-state index >= 15 is 0 Å². The molecule has 116 valence electrons. The quantitative estimate of drug-likeness (QED) is 0.637. The lowest BCUT2D eigenvalue weighted by Crippen LogP contribution is -2.29. The minimum Gasteiger partial charge on any atom is -0.497 e. The van der Waals surface area contributed by atoms with E-state index in [1.807, 2.05) is 24.3 Å². The van der Waals surface area contributed by atoms with E-state index < -0.39 is 0 Å². The van der Waals surface area contributed by atoms with Crippen molar-refractivity contribution in [1.29, 1.82) is 0 Å². The van der Waals surface area contributed by atoms with Crippen molar-refractivity contribution in [3.8, 4) is 5.75 Å². The van der Waals surface area contributed by atoms with Crippen molar-refractivity contribution in [2.75, 3.05) is 13.7 Å². The number of primary amides is 1. The van der Waals surface area contributed by atoms with Gasteiger partial charge in [0.25, 0.3) is 5.91 Å². The van der Waals surface area contributed by atoms with Crippen LogP contribution >= 0.6 is 24.0 Å². The molecule has 0 spiro atoms. The number of carbonyl (C=O) groups excluding carboxylic acids is 2. The molecule has 1 fully saturated rings. The number of rotatable bonds is 6. The van der Waals surface area contributed by atoms with Gasteiger partial charge in [-0.2, -0.15) is 0 Å². The van der Waals surface area contributed by atoms with E-state index in [0.717, 1.165) is 11.3 Å². The summed E-state index contributed by atoms with van der Waals surface area (Å²) in [6.45, 7) is 0.410. The van der Waals surface area contributed by atoms with E-state index in [-0.39, 0.29) is 18.2 Å². The molecule has 1 aromatic carbocycles. The predicted molar refractivity (Wildman–Crippen MR) is 91.3 cm³/mol. The van der Waals surface area contributed by atoms with E-state index in [1.165, 1.54) is 16.7 Å². The molecule has 2 rings (SSSR count). The van der Waals surface area contributed by atoms with Gasteiger partial charge < -0.3 is 10.5 Å². The first-order chi connectivity index (χ1) is 10.5. The minimum atomic E-state index is -0.376. The number of carbonyl (C=O) groups is 2. The fraction of sp³-hybridized carbons (Fsp3) is 0.267. The first-order valence-corrected chi connectivity index (χ1v) is 7.91. The molecule has 1 heterocycles. The number of benzene rings is 1. The first-order valence-electron chi connectivity index (χ1n) is 6.69. The molecule has 0 unspecified atom stereocenters. The second-order valence-electron chi connectivity index (χ2n) is 4.68. The summed E-state index contributed by atoms with van der Waals surface area (Å²) >= 11 is 6.49. The standard InChI is InChI=1S/C15H16N2O3S2/c1-20-11-6-4-10(5-7-11)9-12-14(19)17(15(21)22-12)8-2-3-13(16)18/h4-7,9H,2-3,8H2,1H3,(H2,16,18)/b12-9+. The zero-order valence-corrected chi connectivity index (χ0v) is 13.7. The molecule has 0 radical (unpaired) electrons. The number of thioether (sulfide) groups is 1. The molecule has 5 nitrogen and oxygen atoms in total. The summed E-state index contributed by atoms with van der Waals surface area (Å²) in [4.78, 5) is 25.2. The van der Waals surface area contributed by atoms with E-state index in [1.54, 1.807) is 13.2 Å². The molecule has 2 N–H and O–H groups in total. The van der Waals surface area contributed by atoms with Crippen LogP contribution in [0.2, 0.25) is 0 Å². The minimum absolute atomic E-state index is 0.129. The van der Waals surface area contributed by atoms with Gasteiger partial charge in [0.1, 0.15) is 10.1 Å². The molecule has 0 saturated carbocycles. The number of ether oxygens (including phenoxy) is 1. The zero-order chi connectivity index (χ0) is 16.1. The summed E-state index contributed by atoms with van der Waals surface area (Å²) < 4.78 is 5.61. The Morgan fingerprint density at radius 1 is 1.41 bits per heavy atom. The normalized spacial score (nSPS) is 16.4. The maximum absolute atomic E-state index is 12.3. The molecule has 0 aliphatic carbocycles. The molecule has 2 amide bonds. The highest BCUT2D eigenvalue weighted by atomic mass is 32.2. The van der Waals surface area contributed by atoms with E-state index in [4.69, 9.17) is 22.7 Å². The fourth-order valence-corrected chi connectivity index (χ4v) is 3.26. The molecule has 22 heavy (non-hydrogen) atoms. The second-order valence-corrected chi connectivity index (χ2v) is 6.35. The highest BCUT2D eigenvalue weighted by molar-refractivity contribution is 8.26. The Hall–Kier alpha value is -1.86. The first kappa shape index (κ1) is 16.5. The molecule has 0 aromatic heterocycles. The van der Waals surface area contributed by atoms with Crippen LogP contribution in [0.25, 0.3) is 6.08 Å². The van der Waals surface area contributed by atoms with Gasteiger partial charge in [-0.25, -0.2) is 0 Å². The van der Waals surface area contributed by atoms with Crippen LogP contribution in [0.1, 0.15) is 18.4 Å². The monoisotopic (exact) mass is 336 g/mol. The average Bonchev–Trinajstić information content (AvgIpc) is 2.75. The third kappa shape index (κ3) is 4.08. The van der Waals surface area contributed by atoms with Gasteiger partial charge in [0, 0.05) is 13.0 Å². The average molecular weight is 336 g/mol. The van der Waals surface area contributed by atoms with E-state index in [2.05, 4.69) is 0 Å². The number of hydrogen-bond donors (Lipinski definition) is 1. The van der Waals surface area contributed by atoms with Gasteiger partial charge in [-0.05, 0) is 30.2 Å². The summed E-state index contributed by atoms with van der Waals surface area (Å²) in [5.74, 6) is 0.255. The van der Waals surface area contributed by atoms with Gasteiger partial charge in [-0.15, -0.1) is 0 Å². The number of nitrogens with two attached hydrogens (primary N) is 1. The smallest absolute Gasteiger partial charge is 0.266 e. The maximum Gasteiger partial charge on any atom is 0.266 e. The molecular weight excluding hydrogens is 320 g/mol. The van der Waals surface area contributed by atoms with Crippen LogP contribution in [-0.4, -0.2) is 34.7 Å². The highest BCUT2D eigenvalue weighted by Gasteiger charge is 2.31. The molecule has 1 aliphatic rings. The zero-order valence-electron chi connectivity index (χ0n) is 12.1. The fourth-order valence-electron chi connectivity index (χ4n) is 1.96. The lowest BCUT2D eigenvalue weighted by atomic mass is 10.2. The summed E-state index contributed by atoms with van der Waals surface area (Å²) in [7, 11) is 1.60. The third-order valence-corrected chi connectivity index (χ3v) is 4.47. The lowest BCUT2D eigenvalue weighted by molar-refractivity contribution is -0.123. The maximum atomic E-state index is 12.3. The van der Waals surface area contributed by atoms with Crippen LogP contribution in [-0.2, 0) is 9.59 Å². The number of methoxy groups -OCH3 is 1. The molecule has 1 aromatic rings. The number of thiocarbonyl (C=S) groups is 1. The van der Waals surface area contributed by atoms with Crippen LogP contribution < -0.4 is 10.5 Å². The van der Waals surface area contributed by atoms with Crippen molar-refractivity contribution >= 4 is 46.2 Å². The number of amides is 2. The van der Waals surface area contributed by atoms with Crippen molar-refractivity contribution in [3.63, 3.8) is 0 Å². The van der Waals surface area contributed by atoms with Crippen molar-refractivity contribution in [2.45, 2.75) is 12.8 Å². The highest BCUT2D eigenvalue weighted by Crippen LogP contribution is 2.32. The third-order valence-electron chi connectivity index (χ3n) is 3.09. The van der Waals surface area contributed by atoms with Gasteiger partial charge in [0.05, 0.1) is 12.0 Å². The predicted octanol–water partition coefficient (Wildman–Crippen LogP) is 2.16. The Balaban J connectivity index is 2.06. The van der Waals surface area contributed by atoms with Crippen molar-refractivity contribution in [3.05, 3.63) is 34.7 Å². The summed E-state index contributed by atoms with van der Waals surface area (Å²) in [5, 5.41) is 0. The lowest BCUT2D eigenvalue weighted by Gasteiger charge is -2.13. The molecule has 0 bridgehead atoms.